The van der Waals surface area contributed by atoms with Gasteiger partial charge in [-0.15, -0.1) is 30.6 Å². The second-order valence-corrected chi connectivity index (χ2v) is 17.1. The summed E-state index contributed by atoms with van der Waals surface area (Å²) in [6.07, 6.45) is 0. The fourth-order valence-corrected chi connectivity index (χ4v) is 8.94. The van der Waals surface area contributed by atoms with E-state index in [9.17, 15) is 26.3 Å². The van der Waals surface area contributed by atoms with Crippen molar-refractivity contribution >= 4 is 34.7 Å². The monoisotopic (exact) mass is 981 g/mol. The highest BCUT2D eigenvalue weighted by atomic mass is 15.5. The first-order valence-electron chi connectivity index (χ1n) is 22.9. The molecule has 0 aliphatic heterocycles. The standard InChI is InChI=1S/C53H23N23/c54-24-29-6-4-10-36(19-29)44-61-50-73-51(62-45(67-73)37-11-5-7-30(20-37)25-55)75-52(74(50)68-44)63-46(69-75)38-16-17-41(40(23-38)28-58)33-12-14-35(15-13-33)43-60-49-71(66-43)48-59-42(34-8-2-1-3-9-34)65-72(48)53-64-47(70-76(49)53)39-21-31(26-56)18-32(22-39)27-57/h1-23H. The Kier molecular flexibility index (Phi) is 9.13. The molecule has 23 heteroatoms. The highest BCUT2D eigenvalue weighted by molar-refractivity contribution is 5.77. The molecule has 0 radical (unpaired) electrons. The predicted molar refractivity (Wildman–Crippen MR) is 267 cm³/mol. The molecule has 350 valence electrons. The van der Waals surface area contributed by atoms with Gasteiger partial charge in [0.15, 0.2) is 34.9 Å². The average molecular weight is 982 g/mol. The Morgan fingerprint density at radius 3 is 1.00 bits per heavy atom. The SMILES string of the molecule is N#Cc1cccc(-c2nc3n(n2)c2nc(-c4cccc(C#N)c4)nn2c2nc(-c4ccc(-c5ccc(-c6nc7n(n6)c6nc(-c8ccccc8)nn6c6nc(-c8cc(C#N)cc(C#N)c8)nn76)cc5)c(C#N)c4)nn32)c1. The number of fused-ring (bicyclic) bond motifs is 12. The molecule has 0 saturated carbocycles. The van der Waals surface area contributed by atoms with Gasteiger partial charge in [-0.2, -0.15) is 83.3 Å². The van der Waals surface area contributed by atoms with Crippen molar-refractivity contribution in [3.05, 3.63) is 167 Å². The first-order valence-corrected chi connectivity index (χ1v) is 22.9. The summed E-state index contributed by atoms with van der Waals surface area (Å²) in [5, 5.41) is 78.1. The van der Waals surface area contributed by atoms with Crippen molar-refractivity contribution < 1.29 is 0 Å². The third-order valence-corrected chi connectivity index (χ3v) is 12.5. The second kappa shape index (κ2) is 16.3. The predicted octanol–water partition coefficient (Wildman–Crippen LogP) is 6.97. The van der Waals surface area contributed by atoms with E-state index in [2.05, 4.69) is 30.3 Å². The number of aromatic nitrogens is 18. The summed E-state index contributed by atoms with van der Waals surface area (Å²) in [6, 6.07) is 51.7. The molecule has 14 aromatic rings. The van der Waals surface area contributed by atoms with Crippen LogP contribution >= 0.6 is 0 Å². The van der Waals surface area contributed by atoms with Crippen LogP contribution in [0.5, 0.6) is 0 Å². The molecule has 8 aromatic heterocycles. The average Bonchev–Trinajstić information content (AvgIpc) is 4.41. The number of nitriles is 5. The second-order valence-electron chi connectivity index (χ2n) is 17.1. The molecule has 0 aliphatic carbocycles. The molecule has 0 atom stereocenters. The summed E-state index contributed by atoms with van der Waals surface area (Å²) in [7, 11) is 0. The maximum absolute atomic E-state index is 10.6. The molecule has 23 nitrogen and oxygen atoms in total. The largest absolute Gasteiger partial charge is 0.260 e. The zero-order valence-corrected chi connectivity index (χ0v) is 38.6. The highest BCUT2D eigenvalue weighted by Gasteiger charge is 2.25. The molecular formula is C53H23N23. The van der Waals surface area contributed by atoms with Gasteiger partial charge in [0.25, 0.3) is 34.7 Å². The van der Waals surface area contributed by atoms with Crippen molar-refractivity contribution in [2.24, 2.45) is 0 Å². The van der Waals surface area contributed by atoms with Crippen molar-refractivity contribution in [3.63, 3.8) is 0 Å². The molecule has 0 fully saturated rings. The quantitative estimate of drug-likeness (QED) is 0.156. The van der Waals surface area contributed by atoms with Crippen molar-refractivity contribution in [3.8, 4) is 110 Å². The van der Waals surface area contributed by atoms with Gasteiger partial charge in [0.2, 0.25) is 0 Å². The number of nitrogens with zero attached hydrogens (tertiary/aromatic N) is 23. The van der Waals surface area contributed by atoms with Crippen LogP contribution in [0.2, 0.25) is 0 Å². The van der Waals surface area contributed by atoms with Gasteiger partial charge in [0.05, 0.1) is 58.2 Å². The van der Waals surface area contributed by atoms with Crippen LogP contribution in [0.1, 0.15) is 27.8 Å². The van der Waals surface area contributed by atoms with E-state index in [1.54, 1.807) is 66.7 Å². The Bertz CT molecular complexity index is 4850. The van der Waals surface area contributed by atoms with Gasteiger partial charge in [0, 0.05) is 33.4 Å². The van der Waals surface area contributed by atoms with Gasteiger partial charge in [0.1, 0.15) is 0 Å². The molecule has 0 saturated heterocycles. The van der Waals surface area contributed by atoms with Crippen LogP contribution < -0.4 is 0 Å². The highest BCUT2D eigenvalue weighted by Crippen LogP contribution is 2.32. The van der Waals surface area contributed by atoms with Gasteiger partial charge in [-0.1, -0.05) is 91.0 Å². The molecule has 0 N–H and O–H groups in total. The Morgan fingerprint density at radius 1 is 0.263 bits per heavy atom. The summed E-state index contributed by atoms with van der Waals surface area (Å²) in [5.74, 6) is 3.50. The van der Waals surface area contributed by atoms with Crippen molar-refractivity contribution in [2.75, 3.05) is 0 Å². The van der Waals surface area contributed by atoms with E-state index in [0.29, 0.717) is 79.1 Å². The van der Waals surface area contributed by atoms with Crippen LogP contribution in [-0.2, 0) is 0 Å². The molecule has 0 amide bonds. The fourth-order valence-electron chi connectivity index (χ4n) is 8.94. The topological polar surface area (TPSA) is 300 Å². The first-order chi connectivity index (χ1) is 37.3. The van der Waals surface area contributed by atoms with Gasteiger partial charge in [-0.05, 0) is 59.7 Å². The summed E-state index contributed by atoms with van der Waals surface area (Å²) in [5.41, 5.74) is 6.75. The Labute approximate surface area is 424 Å². The zero-order valence-electron chi connectivity index (χ0n) is 38.6. The normalized spacial score (nSPS) is 11.4. The summed E-state index contributed by atoms with van der Waals surface area (Å²) >= 11 is 0. The van der Waals surface area contributed by atoms with E-state index >= 15 is 0 Å². The van der Waals surface area contributed by atoms with Crippen LogP contribution in [0.15, 0.2) is 140 Å². The number of benzene rings is 6. The third kappa shape index (κ3) is 6.64. The Morgan fingerprint density at radius 2 is 0.592 bits per heavy atom. The summed E-state index contributed by atoms with van der Waals surface area (Å²) < 4.78 is 9.02. The molecular weight excluding hydrogens is 959 g/mol. The molecule has 14 rings (SSSR count). The number of hydrogen-bond acceptors (Lipinski definition) is 17. The van der Waals surface area contributed by atoms with E-state index < -0.39 is 0 Å². The van der Waals surface area contributed by atoms with Crippen LogP contribution in [0.25, 0.3) is 114 Å². The lowest BCUT2D eigenvalue weighted by atomic mass is 9.97. The minimum absolute atomic E-state index is 0.230. The Hall–Kier alpha value is -12.4. The first kappa shape index (κ1) is 42.5. The fraction of sp³-hybridized carbons (Fsp3) is 0. The van der Waals surface area contributed by atoms with Crippen molar-refractivity contribution in [1.82, 2.24) is 87.6 Å². The van der Waals surface area contributed by atoms with Crippen molar-refractivity contribution in [2.45, 2.75) is 0 Å². The number of rotatable bonds is 7. The van der Waals surface area contributed by atoms with Crippen LogP contribution in [0.3, 0.4) is 0 Å². The van der Waals surface area contributed by atoms with E-state index in [4.69, 9.17) is 60.5 Å². The molecule has 0 bridgehead atoms. The van der Waals surface area contributed by atoms with Gasteiger partial charge in [-0.3, -0.25) is 0 Å². The maximum atomic E-state index is 10.6. The minimum Gasteiger partial charge on any atom is -0.192 e. The lowest BCUT2D eigenvalue weighted by Gasteiger charge is -2.06. The zero-order chi connectivity index (χ0) is 51.2. The molecule has 0 spiro atoms. The van der Waals surface area contributed by atoms with Gasteiger partial charge in [-0.25, -0.2) is 0 Å². The molecule has 0 unspecified atom stereocenters. The Balaban J connectivity index is 0.847. The lowest BCUT2D eigenvalue weighted by Crippen LogP contribution is -2.06. The molecule has 76 heavy (non-hydrogen) atoms. The van der Waals surface area contributed by atoms with Crippen LogP contribution in [-0.4, -0.2) is 87.6 Å². The summed E-state index contributed by atoms with van der Waals surface area (Å²) in [6.45, 7) is 0. The van der Waals surface area contributed by atoms with Crippen molar-refractivity contribution in [1.29, 1.82) is 26.3 Å². The van der Waals surface area contributed by atoms with Crippen LogP contribution in [0.4, 0.5) is 0 Å². The van der Waals surface area contributed by atoms with Gasteiger partial charge >= 0.3 is 0 Å². The molecule has 6 aromatic carbocycles. The van der Waals surface area contributed by atoms with E-state index in [-0.39, 0.29) is 51.7 Å². The van der Waals surface area contributed by atoms with E-state index in [1.807, 2.05) is 66.7 Å². The molecule has 0 aliphatic rings. The number of hydrogen-bond donors (Lipinski definition) is 0. The minimum atomic E-state index is 0.230. The smallest absolute Gasteiger partial charge is 0.192 e. The molecule has 8 heterocycles. The van der Waals surface area contributed by atoms with E-state index in [0.717, 1.165) is 11.1 Å². The maximum Gasteiger partial charge on any atom is 0.260 e. The van der Waals surface area contributed by atoms with Crippen LogP contribution in [0, 0.1) is 56.7 Å². The van der Waals surface area contributed by atoms with Gasteiger partial charge < -0.3 is 0 Å². The third-order valence-electron chi connectivity index (χ3n) is 12.5. The van der Waals surface area contributed by atoms with E-state index in [1.165, 1.54) is 33.2 Å². The summed E-state index contributed by atoms with van der Waals surface area (Å²) in [4.78, 5) is 29.1. The lowest BCUT2D eigenvalue weighted by molar-refractivity contribution is 0.817.